The van der Waals surface area contributed by atoms with Crippen LogP contribution in [-0.4, -0.2) is 9.97 Å². The highest BCUT2D eigenvalue weighted by molar-refractivity contribution is 6.28. The van der Waals surface area contributed by atoms with Gasteiger partial charge in [0.15, 0.2) is 0 Å². The van der Waals surface area contributed by atoms with Gasteiger partial charge in [0.05, 0.1) is 0 Å². The maximum Gasteiger partial charge on any atom is 0.224 e. The van der Waals surface area contributed by atoms with Crippen molar-refractivity contribution < 1.29 is 0 Å². The molecule has 1 aromatic heterocycles. The van der Waals surface area contributed by atoms with Gasteiger partial charge in [-0.1, -0.05) is 19.1 Å². The molecule has 1 aromatic carbocycles. The first-order valence-electron chi connectivity index (χ1n) is 5.12. The molecule has 3 nitrogen and oxygen atoms in total. The van der Waals surface area contributed by atoms with Gasteiger partial charge in [-0.3, -0.25) is 0 Å². The molecule has 1 N–H and O–H groups in total. The third-order valence-corrected chi connectivity index (χ3v) is 2.42. The Morgan fingerprint density at radius 2 is 2.19 bits per heavy atom. The van der Waals surface area contributed by atoms with Crippen molar-refractivity contribution in [3.63, 3.8) is 0 Å². The SMILES string of the molecule is CCc1cccc(Nc2ccnc(Cl)n2)c1. The summed E-state index contributed by atoms with van der Waals surface area (Å²) in [6.07, 6.45) is 2.64. The Morgan fingerprint density at radius 3 is 2.94 bits per heavy atom. The lowest BCUT2D eigenvalue weighted by Gasteiger charge is -2.06. The first kappa shape index (κ1) is 10.9. The summed E-state index contributed by atoms with van der Waals surface area (Å²) in [6.45, 7) is 2.13. The zero-order valence-corrected chi connectivity index (χ0v) is 9.70. The Labute approximate surface area is 99.5 Å². The first-order valence-corrected chi connectivity index (χ1v) is 5.50. The summed E-state index contributed by atoms with van der Waals surface area (Å²) < 4.78 is 0. The van der Waals surface area contributed by atoms with Gasteiger partial charge in [-0.2, -0.15) is 0 Å². The normalized spacial score (nSPS) is 10.1. The molecule has 0 saturated carbocycles. The van der Waals surface area contributed by atoms with Crippen LogP contribution >= 0.6 is 11.6 Å². The van der Waals surface area contributed by atoms with Crippen LogP contribution in [-0.2, 0) is 6.42 Å². The number of aryl methyl sites for hydroxylation is 1. The van der Waals surface area contributed by atoms with E-state index in [0.29, 0.717) is 5.82 Å². The highest BCUT2D eigenvalue weighted by Crippen LogP contribution is 2.16. The summed E-state index contributed by atoms with van der Waals surface area (Å²) in [5, 5.41) is 3.43. The monoisotopic (exact) mass is 233 g/mol. The van der Waals surface area contributed by atoms with Crippen LogP contribution in [0.5, 0.6) is 0 Å². The van der Waals surface area contributed by atoms with Crippen molar-refractivity contribution in [2.45, 2.75) is 13.3 Å². The lowest BCUT2D eigenvalue weighted by molar-refractivity contribution is 1.14. The highest BCUT2D eigenvalue weighted by atomic mass is 35.5. The third-order valence-electron chi connectivity index (χ3n) is 2.23. The van der Waals surface area contributed by atoms with Crippen molar-refractivity contribution in [2.24, 2.45) is 0 Å². The van der Waals surface area contributed by atoms with E-state index in [-0.39, 0.29) is 5.28 Å². The minimum absolute atomic E-state index is 0.247. The van der Waals surface area contributed by atoms with E-state index in [0.717, 1.165) is 12.1 Å². The van der Waals surface area contributed by atoms with Crippen LogP contribution in [0.4, 0.5) is 11.5 Å². The minimum Gasteiger partial charge on any atom is -0.340 e. The van der Waals surface area contributed by atoms with Gasteiger partial charge in [0.1, 0.15) is 5.82 Å². The quantitative estimate of drug-likeness (QED) is 0.826. The fourth-order valence-electron chi connectivity index (χ4n) is 1.42. The summed E-state index contributed by atoms with van der Waals surface area (Å²) in [6, 6.07) is 9.98. The molecule has 16 heavy (non-hydrogen) atoms. The predicted molar refractivity (Wildman–Crippen MR) is 66.1 cm³/mol. The van der Waals surface area contributed by atoms with Crippen molar-refractivity contribution in [3.8, 4) is 0 Å². The number of halogens is 1. The molecule has 0 fully saturated rings. The maximum absolute atomic E-state index is 5.71. The Morgan fingerprint density at radius 1 is 1.31 bits per heavy atom. The van der Waals surface area contributed by atoms with Crippen molar-refractivity contribution in [2.75, 3.05) is 5.32 Å². The van der Waals surface area contributed by atoms with Crippen LogP contribution in [0.15, 0.2) is 36.5 Å². The zero-order chi connectivity index (χ0) is 11.4. The van der Waals surface area contributed by atoms with Gasteiger partial charge in [-0.05, 0) is 41.8 Å². The summed E-state index contributed by atoms with van der Waals surface area (Å²) in [5.74, 6) is 0.702. The Balaban J connectivity index is 2.20. The van der Waals surface area contributed by atoms with E-state index in [1.165, 1.54) is 5.56 Å². The lowest BCUT2D eigenvalue weighted by Crippen LogP contribution is -1.95. The second kappa shape index (κ2) is 4.94. The molecule has 0 unspecified atom stereocenters. The molecule has 0 radical (unpaired) electrons. The first-order chi connectivity index (χ1) is 7.78. The highest BCUT2D eigenvalue weighted by Gasteiger charge is 1.98. The fourth-order valence-corrected chi connectivity index (χ4v) is 1.57. The number of hydrogen-bond donors (Lipinski definition) is 1. The summed E-state index contributed by atoms with van der Waals surface area (Å²) >= 11 is 5.71. The molecule has 0 spiro atoms. The van der Waals surface area contributed by atoms with Gasteiger partial charge >= 0.3 is 0 Å². The van der Waals surface area contributed by atoms with Crippen LogP contribution in [0.3, 0.4) is 0 Å². The van der Waals surface area contributed by atoms with E-state index in [1.807, 2.05) is 12.1 Å². The third kappa shape index (κ3) is 2.70. The van der Waals surface area contributed by atoms with Gasteiger partial charge in [-0.15, -0.1) is 0 Å². The van der Waals surface area contributed by atoms with E-state index < -0.39 is 0 Å². The molecule has 2 rings (SSSR count). The molecule has 82 valence electrons. The van der Waals surface area contributed by atoms with Crippen LogP contribution in [0, 0.1) is 0 Å². The molecule has 0 amide bonds. The number of nitrogens with one attached hydrogen (secondary N) is 1. The van der Waals surface area contributed by atoms with E-state index in [9.17, 15) is 0 Å². The number of nitrogens with zero attached hydrogens (tertiary/aromatic N) is 2. The van der Waals surface area contributed by atoms with Crippen LogP contribution in [0.25, 0.3) is 0 Å². The van der Waals surface area contributed by atoms with Gasteiger partial charge in [0.2, 0.25) is 5.28 Å². The van der Waals surface area contributed by atoms with Gasteiger partial charge < -0.3 is 5.32 Å². The Bertz CT molecular complexity index is 485. The molecule has 0 saturated heterocycles. The summed E-state index contributed by atoms with van der Waals surface area (Å²) in [5.41, 5.74) is 2.29. The van der Waals surface area contributed by atoms with Crippen molar-refractivity contribution in [3.05, 3.63) is 47.4 Å². The molecule has 0 aliphatic rings. The standard InChI is InChI=1S/C12H12ClN3/c1-2-9-4-3-5-10(8-9)15-11-6-7-14-12(13)16-11/h3-8H,2H2,1H3,(H,14,15,16). The molecule has 4 heteroatoms. The number of rotatable bonds is 3. The second-order valence-corrected chi connectivity index (χ2v) is 3.73. The molecular formula is C12H12ClN3. The molecule has 0 aliphatic heterocycles. The predicted octanol–water partition coefficient (Wildman–Crippen LogP) is 3.44. The zero-order valence-electron chi connectivity index (χ0n) is 8.94. The van der Waals surface area contributed by atoms with Crippen molar-refractivity contribution in [1.29, 1.82) is 0 Å². The van der Waals surface area contributed by atoms with Gasteiger partial charge in [0.25, 0.3) is 0 Å². The largest absolute Gasteiger partial charge is 0.340 e. The van der Waals surface area contributed by atoms with Crippen molar-refractivity contribution >= 4 is 23.1 Å². The molecular weight excluding hydrogens is 222 g/mol. The van der Waals surface area contributed by atoms with E-state index in [1.54, 1.807) is 12.3 Å². The Hall–Kier alpha value is -1.61. The Kier molecular flexibility index (Phi) is 3.37. The summed E-state index contributed by atoms with van der Waals surface area (Å²) in [7, 11) is 0. The average molecular weight is 234 g/mol. The molecule has 2 aromatic rings. The molecule has 0 bridgehead atoms. The number of aromatic nitrogens is 2. The van der Waals surface area contributed by atoms with Gasteiger partial charge in [-0.25, -0.2) is 9.97 Å². The molecule has 1 heterocycles. The number of anilines is 2. The average Bonchev–Trinajstić information content (AvgIpc) is 2.29. The number of hydrogen-bond acceptors (Lipinski definition) is 3. The smallest absolute Gasteiger partial charge is 0.224 e. The van der Waals surface area contributed by atoms with Gasteiger partial charge in [0, 0.05) is 11.9 Å². The molecule has 0 aliphatic carbocycles. The summed E-state index contributed by atoms with van der Waals surface area (Å²) in [4.78, 5) is 7.90. The van der Waals surface area contributed by atoms with Crippen LogP contribution < -0.4 is 5.32 Å². The van der Waals surface area contributed by atoms with E-state index in [2.05, 4.69) is 34.3 Å². The van der Waals surface area contributed by atoms with Crippen LogP contribution in [0.2, 0.25) is 5.28 Å². The van der Waals surface area contributed by atoms with E-state index >= 15 is 0 Å². The van der Waals surface area contributed by atoms with Crippen molar-refractivity contribution in [1.82, 2.24) is 9.97 Å². The van der Waals surface area contributed by atoms with E-state index in [4.69, 9.17) is 11.6 Å². The second-order valence-electron chi connectivity index (χ2n) is 3.39. The minimum atomic E-state index is 0.247. The number of benzene rings is 1. The lowest BCUT2D eigenvalue weighted by atomic mass is 10.1. The maximum atomic E-state index is 5.71. The fraction of sp³-hybridized carbons (Fsp3) is 0.167. The molecule has 0 atom stereocenters. The topological polar surface area (TPSA) is 37.8 Å². The van der Waals surface area contributed by atoms with Crippen LogP contribution in [0.1, 0.15) is 12.5 Å².